The number of hydrogen-bond acceptors (Lipinski definition) is 2. The Morgan fingerprint density at radius 1 is 1.13 bits per heavy atom. The van der Waals surface area contributed by atoms with E-state index in [1.165, 1.54) is 5.56 Å². The number of aryl methyl sites for hydroxylation is 1. The van der Waals surface area contributed by atoms with Gasteiger partial charge in [0.2, 0.25) is 0 Å². The Morgan fingerprint density at radius 2 is 1.91 bits per heavy atom. The zero-order valence-corrected chi connectivity index (χ0v) is 13.9. The smallest absolute Gasteiger partial charge is 0.152 e. The maximum atomic E-state index is 11.8. The quantitative estimate of drug-likeness (QED) is 0.682. The average molecular weight is 307 g/mol. The first-order valence-electron chi connectivity index (χ1n) is 7.81. The van der Waals surface area contributed by atoms with Crippen molar-refractivity contribution in [3.05, 3.63) is 53.1 Å². The van der Waals surface area contributed by atoms with Crippen molar-refractivity contribution in [2.24, 2.45) is 0 Å². The first-order valence-corrected chi connectivity index (χ1v) is 7.81. The summed E-state index contributed by atoms with van der Waals surface area (Å²) in [6.45, 7) is 6.33. The zero-order chi connectivity index (χ0) is 16.6. The Morgan fingerprint density at radius 3 is 2.57 bits per heavy atom. The highest BCUT2D eigenvalue weighted by Crippen LogP contribution is 2.36. The monoisotopic (exact) mass is 307 g/mol. The number of aromatic nitrogens is 1. The van der Waals surface area contributed by atoms with Crippen LogP contribution in [0, 0.1) is 6.92 Å². The van der Waals surface area contributed by atoms with Crippen molar-refractivity contribution in [3.8, 4) is 17.0 Å². The third kappa shape index (κ3) is 2.63. The predicted octanol–water partition coefficient (Wildman–Crippen LogP) is 5.09. The molecule has 0 unspecified atom stereocenters. The van der Waals surface area contributed by atoms with Gasteiger partial charge >= 0.3 is 0 Å². The number of nitrogens with one attached hydrogen (secondary N) is 1. The Balaban J connectivity index is 2.30. The molecule has 0 aliphatic rings. The Bertz CT molecular complexity index is 875. The van der Waals surface area contributed by atoms with E-state index >= 15 is 0 Å². The van der Waals surface area contributed by atoms with E-state index in [0.29, 0.717) is 11.5 Å². The first-order chi connectivity index (χ1) is 11.0. The van der Waals surface area contributed by atoms with Crippen molar-refractivity contribution in [1.82, 2.24) is 4.98 Å². The summed E-state index contributed by atoms with van der Waals surface area (Å²) in [5.74, 6) is 1.18. The van der Waals surface area contributed by atoms with E-state index in [1.54, 1.807) is 7.11 Å². The van der Waals surface area contributed by atoms with Gasteiger partial charge in [-0.2, -0.15) is 0 Å². The SMILES string of the molecule is COc1ccc(C)cc1-c1[nH]c2ccc(C(C)C)cc2c1C=O. The lowest BCUT2D eigenvalue weighted by molar-refractivity contribution is 0.112. The number of aldehydes is 1. The van der Waals surface area contributed by atoms with Gasteiger partial charge in [0, 0.05) is 22.0 Å². The van der Waals surface area contributed by atoms with Crippen LogP contribution in [0.1, 0.15) is 41.3 Å². The number of hydrogen-bond donors (Lipinski definition) is 1. The van der Waals surface area contributed by atoms with Crippen LogP contribution < -0.4 is 4.74 Å². The molecule has 3 nitrogen and oxygen atoms in total. The van der Waals surface area contributed by atoms with E-state index < -0.39 is 0 Å². The van der Waals surface area contributed by atoms with Crippen LogP contribution in [0.4, 0.5) is 0 Å². The minimum atomic E-state index is 0.422. The minimum Gasteiger partial charge on any atom is -0.496 e. The minimum absolute atomic E-state index is 0.422. The van der Waals surface area contributed by atoms with Crippen LogP contribution in [0.3, 0.4) is 0 Å². The molecule has 0 atom stereocenters. The van der Waals surface area contributed by atoms with E-state index in [0.717, 1.165) is 39.8 Å². The van der Waals surface area contributed by atoms with Crippen LogP contribution >= 0.6 is 0 Å². The van der Waals surface area contributed by atoms with Gasteiger partial charge in [0.1, 0.15) is 5.75 Å². The molecular weight excluding hydrogens is 286 g/mol. The molecule has 23 heavy (non-hydrogen) atoms. The molecule has 0 aliphatic heterocycles. The van der Waals surface area contributed by atoms with Gasteiger partial charge in [-0.1, -0.05) is 31.5 Å². The van der Waals surface area contributed by atoms with Crippen molar-refractivity contribution >= 4 is 17.2 Å². The topological polar surface area (TPSA) is 42.1 Å². The van der Waals surface area contributed by atoms with Gasteiger partial charge in [0.15, 0.2) is 6.29 Å². The van der Waals surface area contributed by atoms with Crippen LogP contribution in [0.5, 0.6) is 5.75 Å². The summed E-state index contributed by atoms with van der Waals surface area (Å²) in [6.07, 6.45) is 0.931. The van der Waals surface area contributed by atoms with Crippen molar-refractivity contribution in [3.63, 3.8) is 0 Å². The molecule has 0 saturated carbocycles. The number of methoxy groups -OCH3 is 1. The predicted molar refractivity (Wildman–Crippen MR) is 94.5 cm³/mol. The Kier molecular flexibility index (Phi) is 3.95. The third-order valence-electron chi connectivity index (χ3n) is 4.27. The summed E-state index contributed by atoms with van der Waals surface area (Å²) < 4.78 is 5.48. The molecule has 118 valence electrons. The molecule has 1 N–H and O–H groups in total. The van der Waals surface area contributed by atoms with E-state index in [4.69, 9.17) is 4.74 Å². The molecular formula is C20H21NO2. The summed E-state index contributed by atoms with van der Waals surface area (Å²) in [7, 11) is 1.65. The molecule has 0 amide bonds. The van der Waals surface area contributed by atoms with Crippen LogP contribution in [-0.4, -0.2) is 18.4 Å². The molecule has 3 aromatic rings. The second kappa shape index (κ2) is 5.92. The van der Waals surface area contributed by atoms with Crippen LogP contribution in [0.25, 0.3) is 22.2 Å². The van der Waals surface area contributed by atoms with Gasteiger partial charge < -0.3 is 9.72 Å². The molecule has 0 fully saturated rings. The molecule has 0 bridgehead atoms. The first kappa shape index (κ1) is 15.3. The van der Waals surface area contributed by atoms with Crippen LogP contribution in [-0.2, 0) is 0 Å². The fraction of sp³-hybridized carbons (Fsp3) is 0.250. The summed E-state index contributed by atoms with van der Waals surface area (Å²) in [6, 6.07) is 12.2. The van der Waals surface area contributed by atoms with E-state index in [2.05, 4.69) is 31.0 Å². The summed E-state index contributed by atoms with van der Waals surface area (Å²) in [5, 5.41) is 0.963. The number of carbonyl (C=O) groups excluding carboxylic acids is 1. The second-order valence-corrected chi connectivity index (χ2v) is 6.19. The molecule has 1 heterocycles. The summed E-state index contributed by atoms with van der Waals surface area (Å²) in [5.41, 5.74) is 5.73. The molecule has 3 heteroatoms. The number of fused-ring (bicyclic) bond motifs is 1. The van der Waals surface area contributed by atoms with Gasteiger partial charge in [-0.15, -0.1) is 0 Å². The maximum absolute atomic E-state index is 11.8. The highest BCUT2D eigenvalue weighted by molar-refractivity contribution is 6.05. The molecule has 3 rings (SSSR count). The zero-order valence-electron chi connectivity index (χ0n) is 13.9. The van der Waals surface area contributed by atoms with Gasteiger partial charge in [-0.3, -0.25) is 4.79 Å². The number of carbonyl (C=O) groups is 1. The normalized spacial score (nSPS) is 11.2. The summed E-state index contributed by atoms with van der Waals surface area (Å²) in [4.78, 5) is 15.2. The number of ether oxygens (including phenoxy) is 1. The fourth-order valence-corrected chi connectivity index (χ4v) is 2.94. The van der Waals surface area contributed by atoms with Crippen LogP contribution in [0.2, 0.25) is 0 Å². The lowest BCUT2D eigenvalue weighted by atomic mass is 9.99. The van der Waals surface area contributed by atoms with Gasteiger partial charge in [-0.25, -0.2) is 0 Å². The van der Waals surface area contributed by atoms with Crippen molar-refractivity contribution in [1.29, 1.82) is 0 Å². The number of aromatic amines is 1. The van der Waals surface area contributed by atoms with E-state index in [9.17, 15) is 4.79 Å². The number of benzene rings is 2. The van der Waals surface area contributed by atoms with E-state index in [1.807, 2.05) is 31.2 Å². The lowest BCUT2D eigenvalue weighted by Crippen LogP contribution is -1.92. The molecule has 0 saturated heterocycles. The van der Waals surface area contributed by atoms with Crippen molar-refractivity contribution in [2.75, 3.05) is 7.11 Å². The summed E-state index contributed by atoms with van der Waals surface area (Å²) >= 11 is 0. The maximum Gasteiger partial charge on any atom is 0.152 e. The third-order valence-corrected chi connectivity index (χ3v) is 4.27. The highest BCUT2D eigenvalue weighted by Gasteiger charge is 2.17. The molecule has 1 aromatic heterocycles. The Labute approximate surface area is 136 Å². The Hall–Kier alpha value is -2.55. The molecule has 0 spiro atoms. The molecule has 0 aliphatic carbocycles. The van der Waals surface area contributed by atoms with Gasteiger partial charge in [0.05, 0.1) is 12.8 Å². The van der Waals surface area contributed by atoms with E-state index in [-0.39, 0.29) is 0 Å². The van der Waals surface area contributed by atoms with Gasteiger partial charge in [0.25, 0.3) is 0 Å². The molecule has 0 radical (unpaired) electrons. The van der Waals surface area contributed by atoms with Crippen molar-refractivity contribution < 1.29 is 9.53 Å². The van der Waals surface area contributed by atoms with Crippen molar-refractivity contribution in [2.45, 2.75) is 26.7 Å². The standard InChI is InChI=1S/C20H21NO2/c1-12(2)14-6-7-18-15(10-14)17(11-22)20(21-18)16-9-13(3)5-8-19(16)23-4/h5-12,21H,1-4H3. The lowest BCUT2D eigenvalue weighted by Gasteiger charge is -2.09. The number of H-pyrrole nitrogens is 1. The fourth-order valence-electron chi connectivity index (χ4n) is 2.94. The second-order valence-electron chi connectivity index (χ2n) is 6.19. The largest absolute Gasteiger partial charge is 0.496 e. The van der Waals surface area contributed by atoms with Crippen LogP contribution in [0.15, 0.2) is 36.4 Å². The average Bonchev–Trinajstić information content (AvgIpc) is 2.92. The highest BCUT2D eigenvalue weighted by atomic mass is 16.5. The van der Waals surface area contributed by atoms with Gasteiger partial charge in [-0.05, 0) is 42.7 Å². The number of rotatable bonds is 4. The molecule has 2 aromatic carbocycles.